The third kappa shape index (κ3) is 3.65. The molecule has 23 heavy (non-hydrogen) atoms. The van der Waals surface area contributed by atoms with Gasteiger partial charge in [0.1, 0.15) is 17.6 Å². The number of carbonyl (C=O) groups is 1. The van der Waals surface area contributed by atoms with E-state index in [1.165, 1.54) is 11.3 Å². The standard InChI is InChI=1S/C19H13NO2S/c20-12-17-10-11-18(23-17)15-6-8-16(9-7-15)19(21)22-13-14-4-2-1-3-5-14/h1-11H,13H2. The molecule has 0 N–H and O–H groups in total. The molecule has 0 aliphatic rings. The van der Waals surface area contributed by atoms with Gasteiger partial charge in [0.25, 0.3) is 0 Å². The molecule has 0 aliphatic carbocycles. The Bertz CT molecular complexity index is 845. The number of nitrogens with zero attached hydrogens (tertiary/aromatic N) is 1. The summed E-state index contributed by atoms with van der Waals surface area (Å²) >= 11 is 1.43. The van der Waals surface area contributed by atoms with Gasteiger partial charge in [-0.05, 0) is 35.4 Å². The molecule has 3 aromatic rings. The summed E-state index contributed by atoms with van der Waals surface area (Å²) in [7, 11) is 0. The first-order valence-corrected chi connectivity index (χ1v) is 7.89. The summed E-state index contributed by atoms with van der Waals surface area (Å²) in [6.45, 7) is 0.262. The van der Waals surface area contributed by atoms with Crippen molar-refractivity contribution in [3.63, 3.8) is 0 Å². The first-order chi connectivity index (χ1) is 11.3. The second-order valence-corrected chi connectivity index (χ2v) is 6.00. The molecule has 1 aromatic heterocycles. The number of hydrogen-bond acceptors (Lipinski definition) is 4. The van der Waals surface area contributed by atoms with Gasteiger partial charge in [0, 0.05) is 4.88 Å². The number of hydrogen-bond donors (Lipinski definition) is 0. The molecule has 0 fully saturated rings. The van der Waals surface area contributed by atoms with Gasteiger partial charge in [0.05, 0.1) is 5.56 Å². The van der Waals surface area contributed by atoms with Crippen molar-refractivity contribution in [1.82, 2.24) is 0 Å². The molecule has 4 heteroatoms. The highest BCUT2D eigenvalue weighted by atomic mass is 32.1. The van der Waals surface area contributed by atoms with Crippen molar-refractivity contribution in [3.05, 3.63) is 82.7 Å². The first-order valence-electron chi connectivity index (χ1n) is 7.08. The Balaban J connectivity index is 1.67. The summed E-state index contributed by atoms with van der Waals surface area (Å²) in [5, 5.41) is 8.87. The average Bonchev–Trinajstić information content (AvgIpc) is 3.10. The number of thiophene rings is 1. The minimum absolute atomic E-state index is 0.262. The summed E-state index contributed by atoms with van der Waals surface area (Å²) in [5.41, 5.74) is 2.46. The van der Waals surface area contributed by atoms with E-state index in [0.29, 0.717) is 10.4 Å². The third-order valence-corrected chi connectivity index (χ3v) is 4.37. The van der Waals surface area contributed by atoms with Gasteiger partial charge in [-0.1, -0.05) is 42.5 Å². The van der Waals surface area contributed by atoms with Crippen molar-refractivity contribution in [1.29, 1.82) is 5.26 Å². The smallest absolute Gasteiger partial charge is 0.338 e. The van der Waals surface area contributed by atoms with Crippen LogP contribution >= 0.6 is 11.3 Å². The second-order valence-electron chi connectivity index (χ2n) is 4.91. The lowest BCUT2D eigenvalue weighted by atomic mass is 10.1. The molecule has 0 bridgehead atoms. The highest BCUT2D eigenvalue weighted by Gasteiger charge is 2.08. The highest BCUT2D eigenvalue weighted by molar-refractivity contribution is 7.16. The molecule has 2 aromatic carbocycles. The van der Waals surface area contributed by atoms with E-state index in [0.717, 1.165) is 16.0 Å². The van der Waals surface area contributed by atoms with Gasteiger partial charge in [0.2, 0.25) is 0 Å². The Morgan fingerprint density at radius 3 is 2.39 bits per heavy atom. The zero-order valence-electron chi connectivity index (χ0n) is 12.2. The van der Waals surface area contributed by atoms with Crippen LogP contribution in [0.15, 0.2) is 66.7 Å². The lowest BCUT2D eigenvalue weighted by Gasteiger charge is -2.05. The van der Waals surface area contributed by atoms with Gasteiger partial charge >= 0.3 is 5.97 Å². The Hall–Kier alpha value is -2.90. The molecule has 0 saturated carbocycles. The summed E-state index contributed by atoms with van der Waals surface area (Å²) in [4.78, 5) is 13.7. The van der Waals surface area contributed by atoms with Gasteiger partial charge in [-0.15, -0.1) is 11.3 Å². The largest absolute Gasteiger partial charge is 0.457 e. The van der Waals surface area contributed by atoms with Gasteiger partial charge in [-0.3, -0.25) is 0 Å². The molecule has 0 unspecified atom stereocenters. The Kier molecular flexibility index (Phi) is 4.51. The lowest BCUT2D eigenvalue weighted by molar-refractivity contribution is 0.0473. The monoisotopic (exact) mass is 319 g/mol. The summed E-state index contributed by atoms with van der Waals surface area (Å²) in [6.07, 6.45) is 0. The maximum absolute atomic E-state index is 12.1. The van der Waals surface area contributed by atoms with E-state index in [1.807, 2.05) is 48.5 Å². The Labute approximate surface area is 138 Å². The number of nitriles is 1. The molecule has 3 rings (SSSR count). The first kappa shape index (κ1) is 15.0. The van der Waals surface area contributed by atoms with Crippen LogP contribution < -0.4 is 0 Å². The number of ether oxygens (including phenoxy) is 1. The Morgan fingerprint density at radius 1 is 1.00 bits per heavy atom. The molecule has 0 amide bonds. The van der Waals surface area contributed by atoms with E-state index >= 15 is 0 Å². The normalized spacial score (nSPS) is 10.0. The lowest BCUT2D eigenvalue weighted by Crippen LogP contribution is -2.04. The maximum Gasteiger partial charge on any atom is 0.338 e. The predicted molar refractivity (Wildman–Crippen MR) is 90.0 cm³/mol. The predicted octanol–water partition coefficient (Wildman–Crippen LogP) is 4.64. The fourth-order valence-corrected chi connectivity index (χ4v) is 2.94. The van der Waals surface area contributed by atoms with Crippen molar-refractivity contribution in [2.45, 2.75) is 6.61 Å². The fourth-order valence-electron chi connectivity index (χ4n) is 2.13. The quantitative estimate of drug-likeness (QED) is 0.658. The zero-order chi connectivity index (χ0) is 16.1. The van der Waals surface area contributed by atoms with E-state index < -0.39 is 0 Å². The van der Waals surface area contributed by atoms with Crippen molar-refractivity contribution < 1.29 is 9.53 Å². The van der Waals surface area contributed by atoms with Crippen LogP contribution in [0, 0.1) is 11.3 Å². The van der Waals surface area contributed by atoms with Crippen LogP contribution in [0.3, 0.4) is 0 Å². The van der Waals surface area contributed by atoms with Gasteiger partial charge < -0.3 is 4.74 Å². The maximum atomic E-state index is 12.1. The molecule has 0 atom stereocenters. The van der Waals surface area contributed by atoms with Crippen LogP contribution in [0.2, 0.25) is 0 Å². The number of rotatable bonds is 4. The van der Waals surface area contributed by atoms with Crippen molar-refractivity contribution in [3.8, 4) is 16.5 Å². The molecule has 0 radical (unpaired) electrons. The molecular weight excluding hydrogens is 306 g/mol. The number of benzene rings is 2. The SMILES string of the molecule is N#Cc1ccc(-c2ccc(C(=O)OCc3ccccc3)cc2)s1. The molecule has 0 aliphatic heterocycles. The topological polar surface area (TPSA) is 50.1 Å². The molecule has 0 spiro atoms. The molecule has 112 valence electrons. The zero-order valence-corrected chi connectivity index (χ0v) is 13.0. The van der Waals surface area contributed by atoms with Gasteiger partial charge in [0.15, 0.2) is 0 Å². The van der Waals surface area contributed by atoms with Crippen molar-refractivity contribution >= 4 is 17.3 Å². The average molecular weight is 319 g/mol. The van der Waals surface area contributed by atoms with Crippen LogP contribution in [0.1, 0.15) is 20.8 Å². The van der Waals surface area contributed by atoms with Crippen LogP contribution in [-0.2, 0) is 11.3 Å². The second kappa shape index (κ2) is 6.91. The van der Waals surface area contributed by atoms with E-state index in [-0.39, 0.29) is 12.6 Å². The number of esters is 1. The third-order valence-electron chi connectivity index (χ3n) is 3.33. The van der Waals surface area contributed by atoms with Crippen LogP contribution in [0.25, 0.3) is 10.4 Å². The van der Waals surface area contributed by atoms with Gasteiger partial charge in [-0.2, -0.15) is 5.26 Å². The Morgan fingerprint density at radius 2 is 1.74 bits per heavy atom. The fraction of sp³-hybridized carbons (Fsp3) is 0.0526. The minimum Gasteiger partial charge on any atom is -0.457 e. The van der Waals surface area contributed by atoms with Crippen LogP contribution in [0.4, 0.5) is 0 Å². The highest BCUT2D eigenvalue weighted by Crippen LogP contribution is 2.27. The minimum atomic E-state index is -0.343. The van der Waals surface area contributed by atoms with E-state index in [1.54, 1.807) is 18.2 Å². The number of carbonyl (C=O) groups excluding carboxylic acids is 1. The van der Waals surface area contributed by atoms with E-state index in [2.05, 4.69) is 6.07 Å². The summed E-state index contributed by atoms with van der Waals surface area (Å²) < 4.78 is 5.30. The van der Waals surface area contributed by atoms with Crippen LogP contribution in [0.5, 0.6) is 0 Å². The van der Waals surface area contributed by atoms with E-state index in [9.17, 15) is 4.79 Å². The van der Waals surface area contributed by atoms with Crippen molar-refractivity contribution in [2.24, 2.45) is 0 Å². The summed E-state index contributed by atoms with van der Waals surface area (Å²) in [5.74, 6) is -0.343. The molecule has 3 nitrogen and oxygen atoms in total. The molecular formula is C19H13NO2S. The van der Waals surface area contributed by atoms with Crippen molar-refractivity contribution in [2.75, 3.05) is 0 Å². The summed E-state index contributed by atoms with van der Waals surface area (Å²) in [6, 6.07) is 22.6. The van der Waals surface area contributed by atoms with Gasteiger partial charge in [-0.25, -0.2) is 4.79 Å². The van der Waals surface area contributed by atoms with E-state index in [4.69, 9.17) is 10.00 Å². The molecule has 1 heterocycles. The molecule has 0 saturated heterocycles. The van der Waals surface area contributed by atoms with Crippen LogP contribution in [-0.4, -0.2) is 5.97 Å².